The highest BCUT2D eigenvalue weighted by molar-refractivity contribution is 5.23. The van der Waals surface area contributed by atoms with Crippen LogP contribution in [0.5, 0.6) is 0 Å². The number of ether oxygens (including phenoxy) is 1. The Balaban J connectivity index is 2.24. The molecule has 0 aliphatic carbocycles. The molecule has 1 heterocycles. The minimum atomic E-state index is -0.838. The lowest BCUT2D eigenvalue weighted by atomic mass is 9.87. The molecule has 0 radical (unpaired) electrons. The van der Waals surface area contributed by atoms with E-state index in [2.05, 4.69) is 5.43 Å². The van der Waals surface area contributed by atoms with Crippen molar-refractivity contribution in [3.63, 3.8) is 0 Å². The van der Waals surface area contributed by atoms with E-state index in [9.17, 15) is 8.78 Å². The van der Waals surface area contributed by atoms with Crippen LogP contribution in [0.15, 0.2) is 18.2 Å². The molecule has 1 atom stereocenters. The van der Waals surface area contributed by atoms with Crippen molar-refractivity contribution in [1.29, 1.82) is 0 Å². The number of nitrogens with two attached hydrogens (primary N) is 1. The summed E-state index contributed by atoms with van der Waals surface area (Å²) in [5.74, 6) is 3.99. The molecule has 17 heavy (non-hydrogen) atoms. The van der Waals surface area contributed by atoms with Gasteiger partial charge in [-0.3, -0.25) is 11.3 Å². The van der Waals surface area contributed by atoms with Crippen molar-refractivity contribution in [3.8, 4) is 0 Å². The summed E-state index contributed by atoms with van der Waals surface area (Å²) in [6, 6.07) is 3.81. The van der Waals surface area contributed by atoms with E-state index in [0.717, 1.165) is 18.9 Å². The molecule has 1 saturated heterocycles. The highest BCUT2D eigenvalue weighted by atomic mass is 19.2. The molecule has 1 aliphatic heterocycles. The monoisotopic (exact) mass is 242 g/mol. The zero-order chi connectivity index (χ0) is 12.3. The van der Waals surface area contributed by atoms with Crippen molar-refractivity contribution in [2.24, 2.45) is 11.8 Å². The zero-order valence-corrected chi connectivity index (χ0v) is 9.46. The van der Waals surface area contributed by atoms with Gasteiger partial charge in [0, 0.05) is 18.8 Å². The normalized spacial score (nSPS) is 19.2. The number of hydrazine groups is 1. The first-order chi connectivity index (χ1) is 8.24. The maximum atomic E-state index is 13.7. The highest BCUT2D eigenvalue weighted by Crippen LogP contribution is 2.31. The summed E-state index contributed by atoms with van der Waals surface area (Å²) in [4.78, 5) is 0. The van der Waals surface area contributed by atoms with Crippen LogP contribution in [-0.2, 0) is 4.74 Å². The Hall–Kier alpha value is -1.04. The number of hydrogen-bond acceptors (Lipinski definition) is 3. The fraction of sp³-hybridized carbons (Fsp3) is 0.500. The van der Waals surface area contributed by atoms with Crippen LogP contribution in [0, 0.1) is 17.6 Å². The number of rotatable bonds is 3. The minimum Gasteiger partial charge on any atom is -0.381 e. The molecule has 94 valence electrons. The SMILES string of the molecule is NNC(c1cccc(F)c1F)C1CCOCC1. The van der Waals surface area contributed by atoms with Gasteiger partial charge in [0.15, 0.2) is 11.6 Å². The van der Waals surface area contributed by atoms with Gasteiger partial charge in [-0.15, -0.1) is 0 Å². The third kappa shape index (κ3) is 2.62. The highest BCUT2D eigenvalue weighted by Gasteiger charge is 2.27. The van der Waals surface area contributed by atoms with E-state index in [1.165, 1.54) is 6.07 Å². The molecule has 1 aromatic rings. The number of benzene rings is 1. The average Bonchev–Trinajstić information content (AvgIpc) is 2.37. The van der Waals surface area contributed by atoms with Gasteiger partial charge in [0.05, 0.1) is 6.04 Å². The molecule has 1 aliphatic rings. The molecule has 1 unspecified atom stereocenters. The lowest BCUT2D eigenvalue weighted by molar-refractivity contribution is 0.0530. The smallest absolute Gasteiger partial charge is 0.163 e. The van der Waals surface area contributed by atoms with Crippen molar-refractivity contribution in [2.45, 2.75) is 18.9 Å². The van der Waals surface area contributed by atoms with Crippen molar-refractivity contribution in [3.05, 3.63) is 35.4 Å². The molecule has 3 N–H and O–H groups in total. The Morgan fingerprint density at radius 3 is 2.65 bits per heavy atom. The Bertz CT molecular complexity index is 381. The molecule has 5 heteroatoms. The molecule has 0 aromatic heterocycles. The quantitative estimate of drug-likeness (QED) is 0.628. The first-order valence-electron chi connectivity index (χ1n) is 5.72. The van der Waals surface area contributed by atoms with Gasteiger partial charge in [0.2, 0.25) is 0 Å². The average molecular weight is 242 g/mol. The predicted octanol–water partition coefficient (Wildman–Crippen LogP) is 1.90. The molecule has 3 nitrogen and oxygen atoms in total. The molecular formula is C12H16F2N2O. The van der Waals surface area contributed by atoms with Crippen LogP contribution in [0.1, 0.15) is 24.4 Å². The summed E-state index contributed by atoms with van der Waals surface area (Å²) in [5.41, 5.74) is 2.88. The van der Waals surface area contributed by atoms with Crippen LogP contribution < -0.4 is 11.3 Å². The van der Waals surface area contributed by atoms with E-state index in [1.807, 2.05) is 0 Å². The van der Waals surface area contributed by atoms with Crippen LogP contribution in [0.2, 0.25) is 0 Å². The van der Waals surface area contributed by atoms with Crippen molar-refractivity contribution >= 4 is 0 Å². The first-order valence-corrected chi connectivity index (χ1v) is 5.72. The van der Waals surface area contributed by atoms with Gasteiger partial charge in [-0.2, -0.15) is 0 Å². The second-order valence-electron chi connectivity index (χ2n) is 4.24. The Morgan fingerprint density at radius 1 is 1.29 bits per heavy atom. The van der Waals surface area contributed by atoms with Crippen LogP contribution in [0.3, 0.4) is 0 Å². The second kappa shape index (κ2) is 5.53. The predicted molar refractivity (Wildman–Crippen MR) is 60.0 cm³/mol. The van der Waals surface area contributed by atoms with Crippen LogP contribution >= 0.6 is 0 Å². The van der Waals surface area contributed by atoms with Gasteiger partial charge >= 0.3 is 0 Å². The fourth-order valence-corrected chi connectivity index (χ4v) is 2.29. The zero-order valence-electron chi connectivity index (χ0n) is 9.46. The lowest BCUT2D eigenvalue weighted by Crippen LogP contribution is -2.36. The summed E-state index contributed by atoms with van der Waals surface area (Å²) >= 11 is 0. The summed E-state index contributed by atoms with van der Waals surface area (Å²) in [5, 5.41) is 0. The van der Waals surface area contributed by atoms with Crippen molar-refractivity contribution < 1.29 is 13.5 Å². The van der Waals surface area contributed by atoms with Gasteiger partial charge in [-0.05, 0) is 24.8 Å². The third-order valence-corrected chi connectivity index (χ3v) is 3.23. The van der Waals surface area contributed by atoms with E-state index < -0.39 is 11.6 Å². The number of hydrogen-bond donors (Lipinski definition) is 2. The summed E-state index contributed by atoms with van der Waals surface area (Å²) in [6.45, 7) is 1.28. The molecule has 0 spiro atoms. The second-order valence-corrected chi connectivity index (χ2v) is 4.24. The summed E-state index contributed by atoms with van der Waals surface area (Å²) in [6.07, 6.45) is 1.59. The van der Waals surface area contributed by atoms with Gasteiger partial charge in [0.1, 0.15) is 0 Å². The molecule has 1 fully saturated rings. The van der Waals surface area contributed by atoms with Gasteiger partial charge in [-0.25, -0.2) is 8.78 Å². The Labute approximate surface area is 98.9 Å². The maximum Gasteiger partial charge on any atom is 0.163 e. The van der Waals surface area contributed by atoms with E-state index in [-0.39, 0.29) is 12.0 Å². The molecular weight excluding hydrogens is 226 g/mol. The van der Waals surface area contributed by atoms with Crippen molar-refractivity contribution in [1.82, 2.24) is 5.43 Å². The van der Waals surface area contributed by atoms with E-state index in [1.54, 1.807) is 6.07 Å². The lowest BCUT2D eigenvalue weighted by Gasteiger charge is -2.30. The number of halogens is 2. The van der Waals surface area contributed by atoms with Gasteiger partial charge in [-0.1, -0.05) is 12.1 Å². The van der Waals surface area contributed by atoms with Gasteiger partial charge < -0.3 is 4.74 Å². The Kier molecular flexibility index (Phi) is 4.04. The summed E-state index contributed by atoms with van der Waals surface area (Å²) in [7, 11) is 0. The molecule has 2 rings (SSSR count). The van der Waals surface area contributed by atoms with Crippen molar-refractivity contribution in [2.75, 3.05) is 13.2 Å². The van der Waals surface area contributed by atoms with Crippen LogP contribution in [0.4, 0.5) is 8.78 Å². The molecule has 0 bridgehead atoms. The van der Waals surface area contributed by atoms with E-state index in [4.69, 9.17) is 10.6 Å². The molecule has 0 amide bonds. The fourth-order valence-electron chi connectivity index (χ4n) is 2.29. The number of nitrogens with one attached hydrogen (secondary N) is 1. The molecule has 1 aromatic carbocycles. The molecule has 0 saturated carbocycles. The van der Waals surface area contributed by atoms with E-state index in [0.29, 0.717) is 18.8 Å². The van der Waals surface area contributed by atoms with Crippen LogP contribution in [0.25, 0.3) is 0 Å². The topological polar surface area (TPSA) is 47.3 Å². The third-order valence-electron chi connectivity index (χ3n) is 3.23. The van der Waals surface area contributed by atoms with E-state index >= 15 is 0 Å². The van der Waals surface area contributed by atoms with Crippen LogP contribution in [-0.4, -0.2) is 13.2 Å². The standard InChI is InChI=1S/C12H16F2N2O/c13-10-3-1-2-9(11(10)14)12(16-15)8-4-6-17-7-5-8/h1-3,8,12,16H,4-7,15H2. The summed E-state index contributed by atoms with van der Waals surface area (Å²) < 4.78 is 32.1. The van der Waals surface area contributed by atoms with Gasteiger partial charge in [0.25, 0.3) is 0 Å². The first kappa shape index (κ1) is 12.4. The largest absolute Gasteiger partial charge is 0.381 e. The Morgan fingerprint density at radius 2 is 2.00 bits per heavy atom. The maximum absolute atomic E-state index is 13.7. The minimum absolute atomic E-state index is 0.171.